The van der Waals surface area contributed by atoms with Crippen LogP contribution < -0.4 is 10.6 Å². The lowest BCUT2D eigenvalue weighted by Gasteiger charge is -2.28. The second-order valence-electron chi connectivity index (χ2n) is 4.56. The van der Waals surface area contributed by atoms with Gasteiger partial charge in [0, 0.05) is 12.1 Å². The molecule has 13 heavy (non-hydrogen) atoms. The minimum atomic E-state index is 0.741. The van der Waals surface area contributed by atoms with Gasteiger partial charge in [-0.1, -0.05) is 12.8 Å². The fourth-order valence-electron chi connectivity index (χ4n) is 3.10. The van der Waals surface area contributed by atoms with Crippen molar-refractivity contribution in [1.82, 2.24) is 10.6 Å². The molecule has 0 bridgehead atoms. The molecule has 1 aliphatic heterocycles. The highest BCUT2D eigenvalue weighted by Crippen LogP contribution is 2.30. The summed E-state index contributed by atoms with van der Waals surface area (Å²) in [6.45, 7) is 1.23. The molecule has 2 aliphatic rings. The van der Waals surface area contributed by atoms with Crippen molar-refractivity contribution in [3.63, 3.8) is 0 Å². The summed E-state index contributed by atoms with van der Waals surface area (Å²) < 4.78 is 0. The summed E-state index contributed by atoms with van der Waals surface area (Å²) in [6, 6.07) is 1.50. The SMILES string of the molecule is CNC(C1CCCC1)C1CCCN1. The van der Waals surface area contributed by atoms with Crippen LogP contribution in [0.25, 0.3) is 0 Å². The van der Waals surface area contributed by atoms with Crippen LogP contribution in [-0.4, -0.2) is 25.7 Å². The first kappa shape index (κ1) is 9.47. The Bertz CT molecular complexity index is 130. The first-order valence-electron chi connectivity index (χ1n) is 5.82. The molecule has 2 atom stereocenters. The Balaban J connectivity index is 1.90. The van der Waals surface area contributed by atoms with Gasteiger partial charge in [0.05, 0.1) is 0 Å². The lowest BCUT2D eigenvalue weighted by molar-refractivity contribution is 0.309. The highest BCUT2D eigenvalue weighted by Gasteiger charge is 2.31. The van der Waals surface area contributed by atoms with E-state index in [1.54, 1.807) is 0 Å². The Labute approximate surface area is 81.5 Å². The van der Waals surface area contributed by atoms with E-state index in [0.29, 0.717) is 0 Å². The standard InChI is InChI=1S/C11H22N2/c1-12-11(9-5-2-3-6-9)10-7-4-8-13-10/h9-13H,2-8H2,1H3. The number of likely N-dealkylation sites (N-methyl/N-ethyl adjacent to an activating group) is 1. The molecule has 2 fully saturated rings. The van der Waals surface area contributed by atoms with Crippen LogP contribution in [0.2, 0.25) is 0 Å². The summed E-state index contributed by atoms with van der Waals surface area (Å²) in [6.07, 6.45) is 8.55. The third-order valence-electron chi connectivity index (χ3n) is 3.77. The van der Waals surface area contributed by atoms with E-state index in [1.807, 2.05) is 0 Å². The molecular formula is C11H22N2. The van der Waals surface area contributed by atoms with Crippen molar-refractivity contribution in [3.8, 4) is 0 Å². The topological polar surface area (TPSA) is 24.1 Å². The van der Waals surface area contributed by atoms with E-state index in [9.17, 15) is 0 Å². The Morgan fingerprint density at radius 1 is 1.15 bits per heavy atom. The normalized spacial score (nSPS) is 32.5. The predicted octanol–water partition coefficient (Wildman–Crippen LogP) is 1.52. The van der Waals surface area contributed by atoms with Gasteiger partial charge in [-0.15, -0.1) is 0 Å². The second kappa shape index (κ2) is 4.43. The molecular weight excluding hydrogens is 160 g/mol. The first-order valence-corrected chi connectivity index (χ1v) is 5.82. The van der Waals surface area contributed by atoms with Gasteiger partial charge in [0.1, 0.15) is 0 Å². The molecule has 0 aromatic heterocycles. The number of rotatable bonds is 3. The van der Waals surface area contributed by atoms with Crippen LogP contribution in [0.4, 0.5) is 0 Å². The molecule has 2 unspecified atom stereocenters. The molecule has 76 valence electrons. The van der Waals surface area contributed by atoms with Crippen LogP contribution in [0.3, 0.4) is 0 Å². The maximum atomic E-state index is 3.62. The van der Waals surface area contributed by atoms with Crippen LogP contribution in [-0.2, 0) is 0 Å². The number of hydrogen-bond acceptors (Lipinski definition) is 2. The summed E-state index contributed by atoms with van der Waals surface area (Å²) in [4.78, 5) is 0. The van der Waals surface area contributed by atoms with Gasteiger partial charge >= 0.3 is 0 Å². The van der Waals surface area contributed by atoms with Gasteiger partial charge in [-0.3, -0.25) is 0 Å². The Hall–Kier alpha value is -0.0800. The molecule has 2 heteroatoms. The average molecular weight is 182 g/mol. The van der Waals surface area contributed by atoms with E-state index in [0.717, 1.165) is 18.0 Å². The molecule has 2 nitrogen and oxygen atoms in total. The van der Waals surface area contributed by atoms with Gasteiger partial charge in [-0.05, 0) is 45.2 Å². The molecule has 0 spiro atoms. The van der Waals surface area contributed by atoms with E-state index in [1.165, 1.54) is 45.1 Å². The number of nitrogens with one attached hydrogen (secondary N) is 2. The summed E-state index contributed by atoms with van der Waals surface area (Å²) in [5, 5.41) is 7.15. The highest BCUT2D eigenvalue weighted by molar-refractivity contribution is 4.91. The third-order valence-corrected chi connectivity index (χ3v) is 3.77. The number of hydrogen-bond donors (Lipinski definition) is 2. The van der Waals surface area contributed by atoms with E-state index in [2.05, 4.69) is 17.7 Å². The molecule has 2 rings (SSSR count). The van der Waals surface area contributed by atoms with Gasteiger partial charge in [0.2, 0.25) is 0 Å². The minimum absolute atomic E-state index is 0.741. The Morgan fingerprint density at radius 3 is 2.46 bits per heavy atom. The van der Waals surface area contributed by atoms with Crippen LogP contribution in [0.1, 0.15) is 38.5 Å². The second-order valence-corrected chi connectivity index (χ2v) is 4.56. The van der Waals surface area contributed by atoms with Crippen molar-refractivity contribution in [2.75, 3.05) is 13.6 Å². The van der Waals surface area contributed by atoms with Crippen molar-refractivity contribution in [3.05, 3.63) is 0 Å². The van der Waals surface area contributed by atoms with E-state index in [-0.39, 0.29) is 0 Å². The molecule has 0 aromatic rings. The Kier molecular flexibility index (Phi) is 3.23. The van der Waals surface area contributed by atoms with Crippen LogP contribution in [0.15, 0.2) is 0 Å². The molecule has 0 radical (unpaired) electrons. The highest BCUT2D eigenvalue weighted by atomic mass is 15.0. The average Bonchev–Trinajstić information content (AvgIpc) is 2.76. The quantitative estimate of drug-likeness (QED) is 0.691. The maximum absolute atomic E-state index is 3.62. The lowest BCUT2D eigenvalue weighted by atomic mass is 9.91. The predicted molar refractivity (Wildman–Crippen MR) is 55.8 cm³/mol. The van der Waals surface area contributed by atoms with Crippen LogP contribution in [0.5, 0.6) is 0 Å². The molecule has 0 aromatic carbocycles. The van der Waals surface area contributed by atoms with Crippen molar-refractivity contribution in [2.24, 2.45) is 5.92 Å². The molecule has 1 saturated heterocycles. The first-order chi connectivity index (χ1) is 6.42. The van der Waals surface area contributed by atoms with Crippen molar-refractivity contribution < 1.29 is 0 Å². The van der Waals surface area contributed by atoms with Gasteiger partial charge in [0.25, 0.3) is 0 Å². The minimum Gasteiger partial charge on any atom is -0.315 e. The lowest BCUT2D eigenvalue weighted by Crippen LogP contribution is -2.47. The summed E-state index contributed by atoms with van der Waals surface area (Å²) in [5.41, 5.74) is 0. The van der Waals surface area contributed by atoms with Gasteiger partial charge in [-0.2, -0.15) is 0 Å². The molecule has 1 aliphatic carbocycles. The third kappa shape index (κ3) is 2.05. The largest absolute Gasteiger partial charge is 0.315 e. The van der Waals surface area contributed by atoms with E-state index < -0.39 is 0 Å². The maximum Gasteiger partial charge on any atom is 0.0246 e. The van der Waals surface area contributed by atoms with Crippen LogP contribution >= 0.6 is 0 Å². The summed E-state index contributed by atoms with van der Waals surface area (Å²) >= 11 is 0. The smallest absolute Gasteiger partial charge is 0.0246 e. The fraction of sp³-hybridized carbons (Fsp3) is 1.00. The molecule has 1 heterocycles. The fourth-order valence-corrected chi connectivity index (χ4v) is 3.10. The summed E-state index contributed by atoms with van der Waals surface area (Å²) in [7, 11) is 2.13. The van der Waals surface area contributed by atoms with Crippen molar-refractivity contribution in [2.45, 2.75) is 50.6 Å². The van der Waals surface area contributed by atoms with Gasteiger partial charge in [0.15, 0.2) is 0 Å². The zero-order valence-electron chi connectivity index (χ0n) is 8.68. The van der Waals surface area contributed by atoms with E-state index >= 15 is 0 Å². The van der Waals surface area contributed by atoms with Gasteiger partial charge in [-0.25, -0.2) is 0 Å². The summed E-state index contributed by atoms with van der Waals surface area (Å²) in [5.74, 6) is 0.945. The molecule has 1 saturated carbocycles. The van der Waals surface area contributed by atoms with Crippen molar-refractivity contribution in [1.29, 1.82) is 0 Å². The molecule has 2 N–H and O–H groups in total. The van der Waals surface area contributed by atoms with E-state index in [4.69, 9.17) is 0 Å². The van der Waals surface area contributed by atoms with Gasteiger partial charge < -0.3 is 10.6 Å². The Morgan fingerprint density at radius 2 is 1.92 bits per heavy atom. The van der Waals surface area contributed by atoms with Crippen LogP contribution in [0, 0.1) is 5.92 Å². The molecule has 0 amide bonds. The monoisotopic (exact) mass is 182 g/mol. The van der Waals surface area contributed by atoms with Crippen molar-refractivity contribution >= 4 is 0 Å². The zero-order valence-corrected chi connectivity index (χ0v) is 8.68. The zero-order chi connectivity index (χ0) is 9.10.